The van der Waals surface area contributed by atoms with Crippen LogP contribution in [0.2, 0.25) is 0 Å². The molecule has 12 nitrogen and oxygen atoms in total. The fourth-order valence-corrected chi connectivity index (χ4v) is 5.50. The van der Waals surface area contributed by atoms with E-state index >= 15 is 0 Å². The fraction of sp³-hybridized carbons (Fsp3) is 0.500. The maximum Gasteiger partial charge on any atom is 0.306 e. The normalized spacial score (nSPS) is 14.2. The number of aliphatic carboxylic acids is 1. The van der Waals surface area contributed by atoms with Gasteiger partial charge in [0.1, 0.15) is 23.0 Å². The molecule has 0 bridgehead atoms. The first kappa shape index (κ1) is 35.9. The predicted octanol–water partition coefficient (Wildman–Crippen LogP) is 5.84. The number of nitrogens with zero attached hydrogens (tertiary/aromatic N) is 4. The first-order chi connectivity index (χ1) is 21.6. The molecule has 2 aromatic carbocycles. The zero-order chi connectivity index (χ0) is 32.7. The van der Waals surface area contributed by atoms with Gasteiger partial charge in [-0.2, -0.15) is 10.2 Å². The molecule has 2 amide bonds. The average Bonchev–Trinajstić information content (AvgIpc) is 3.04. The molecule has 1 saturated heterocycles. The van der Waals surface area contributed by atoms with Gasteiger partial charge in [-0.3, -0.25) is 19.2 Å². The van der Waals surface area contributed by atoms with Crippen LogP contribution in [0.25, 0.3) is 0 Å². The van der Waals surface area contributed by atoms with Crippen molar-refractivity contribution in [2.24, 2.45) is 15.6 Å². The minimum absolute atomic E-state index is 0.0873. The van der Waals surface area contributed by atoms with E-state index < -0.39 is 17.4 Å². The van der Waals surface area contributed by atoms with Crippen molar-refractivity contribution in [3.63, 3.8) is 0 Å². The van der Waals surface area contributed by atoms with Crippen molar-refractivity contribution in [2.75, 3.05) is 51.8 Å². The number of hydrogen-bond acceptors (Lipinski definition) is 9. The number of likely N-dealkylation sites (tertiary alicyclic amines) is 1. The number of unbranched alkanes of at least 4 members (excludes halogenated alkanes) is 2. The number of halogens is 1. The van der Waals surface area contributed by atoms with Crippen molar-refractivity contribution < 1.29 is 32.1 Å². The summed E-state index contributed by atoms with van der Waals surface area (Å²) >= 11 is 1.81. The Bertz CT molecular complexity index is 1290. The molecular formula is C32H42IN5O7. The number of carbonyl (C=O) groups is 4. The number of azo groups is 1. The van der Waals surface area contributed by atoms with E-state index in [-0.39, 0.29) is 31.3 Å². The van der Waals surface area contributed by atoms with Gasteiger partial charge in [0, 0.05) is 56.8 Å². The summed E-state index contributed by atoms with van der Waals surface area (Å²) in [4.78, 5) is 51.7. The highest BCUT2D eigenvalue weighted by atomic mass is 127. The van der Waals surface area contributed by atoms with Crippen LogP contribution in [0, 0.1) is 5.41 Å². The van der Waals surface area contributed by atoms with Gasteiger partial charge in [-0.15, -0.1) is 0 Å². The molecule has 0 unspecified atom stereocenters. The molecule has 3 rings (SSSR count). The van der Waals surface area contributed by atoms with E-state index in [2.05, 4.69) is 15.5 Å². The van der Waals surface area contributed by atoms with Crippen LogP contribution in [0.3, 0.4) is 0 Å². The third kappa shape index (κ3) is 12.4. The second kappa shape index (κ2) is 18.4. The van der Waals surface area contributed by atoms with Crippen LogP contribution >= 0.6 is 23.0 Å². The molecule has 45 heavy (non-hydrogen) atoms. The first-order valence-electron chi connectivity index (χ1n) is 15.1. The molecule has 0 aromatic heterocycles. The Morgan fingerprint density at radius 1 is 0.889 bits per heavy atom. The van der Waals surface area contributed by atoms with Crippen LogP contribution in [-0.4, -0.2) is 80.7 Å². The highest BCUT2D eigenvalue weighted by molar-refractivity contribution is 14.1. The number of carboxylic acid groups (broad SMARTS) is 1. The number of carboxylic acids is 1. The molecular weight excluding hydrogens is 693 g/mol. The quantitative estimate of drug-likeness (QED) is 0.0891. The van der Waals surface area contributed by atoms with Crippen LogP contribution < -0.4 is 10.2 Å². The Morgan fingerprint density at radius 3 is 2.09 bits per heavy atom. The summed E-state index contributed by atoms with van der Waals surface area (Å²) in [6.45, 7) is 2.14. The van der Waals surface area contributed by atoms with Crippen LogP contribution in [0.1, 0.15) is 61.7 Å². The van der Waals surface area contributed by atoms with Gasteiger partial charge in [0.05, 0.1) is 37.4 Å². The Kier molecular flexibility index (Phi) is 14.7. The SMILES string of the molecule is CN(C)c1ccc(/N=N/c2ccc(C(=O)NCCCCCC(=O)N3CCC(COI)(COC(=O)CCC(=O)O)CC3)cc2)cc1. The number of ether oxygens (including phenoxy) is 1. The second-order valence-corrected chi connectivity index (χ2v) is 12.0. The monoisotopic (exact) mass is 735 g/mol. The van der Waals surface area contributed by atoms with E-state index in [1.165, 1.54) is 0 Å². The van der Waals surface area contributed by atoms with Crippen molar-refractivity contribution in [3.05, 3.63) is 54.1 Å². The minimum atomic E-state index is -1.04. The summed E-state index contributed by atoms with van der Waals surface area (Å²) in [5, 5.41) is 20.2. The summed E-state index contributed by atoms with van der Waals surface area (Å²) in [6.07, 6.45) is 3.58. The van der Waals surface area contributed by atoms with Crippen molar-refractivity contribution >= 4 is 63.8 Å². The zero-order valence-corrected chi connectivity index (χ0v) is 28.0. The molecule has 1 heterocycles. The summed E-state index contributed by atoms with van der Waals surface area (Å²) < 4.78 is 10.7. The number of hydrogen-bond donors (Lipinski definition) is 2. The maximum atomic E-state index is 12.8. The van der Waals surface area contributed by atoms with E-state index in [1.54, 1.807) is 24.3 Å². The lowest BCUT2D eigenvalue weighted by molar-refractivity contribution is -0.153. The van der Waals surface area contributed by atoms with E-state index in [1.807, 2.05) is 71.2 Å². The van der Waals surface area contributed by atoms with E-state index in [0.717, 1.165) is 30.6 Å². The predicted molar refractivity (Wildman–Crippen MR) is 178 cm³/mol. The lowest BCUT2D eigenvalue weighted by Gasteiger charge is -2.40. The average molecular weight is 736 g/mol. The number of piperidine rings is 1. The number of esters is 1. The van der Waals surface area contributed by atoms with E-state index in [0.29, 0.717) is 56.8 Å². The topological polar surface area (TPSA) is 150 Å². The second-order valence-electron chi connectivity index (χ2n) is 11.4. The summed E-state index contributed by atoms with van der Waals surface area (Å²) in [7, 11) is 3.96. The molecule has 2 N–H and O–H groups in total. The van der Waals surface area contributed by atoms with Gasteiger partial charge in [-0.1, -0.05) is 6.42 Å². The van der Waals surface area contributed by atoms with Gasteiger partial charge >= 0.3 is 11.9 Å². The molecule has 244 valence electrons. The van der Waals surface area contributed by atoms with Gasteiger partial charge in [-0.25, -0.2) is 0 Å². The number of carbonyl (C=O) groups excluding carboxylic acids is 3. The molecule has 1 aliphatic rings. The molecule has 1 fully saturated rings. The Hall–Kier alpha value is -3.59. The Morgan fingerprint density at radius 2 is 1.51 bits per heavy atom. The van der Waals surface area contributed by atoms with Gasteiger partial charge in [0.25, 0.3) is 5.91 Å². The van der Waals surface area contributed by atoms with Crippen LogP contribution in [0.15, 0.2) is 58.8 Å². The zero-order valence-electron chi connectivity index (χ0n) is 25.9. The standard InChI is InChI=1S/C32H42IN5O7/c1-37(2)27-13-11-26(12-14-27)36-35-25-9-7-24(8-10-25)31(43)34-19-5-3-4-6-28(39)38-20-17-32(18-21-38,23-45-33)22-44-30(42)16-15-29(40)41/h7-14H,3-6,15-23H2,1-2H3,(H,34,43)(H,40,41)/b36-35+. The third-order valence-electron chi connectivity index (χ3n) is 7.75. The lowest BCUT2D eigenvalue weighted by atomic mass is 9.80. The van der Waals surface area contributed by atoms with Crippen molar-refractivity contribution in [1.29, 1.82) is 0 Å². The number of rotatable bonds is 17. The highest BCUT2D eigenvalue weighted by Gasteiger charge is 2.37. The van der Waals surface area contributed by atoms with Crippen molar-refractivity contribution in [3.8, 4) is 0 Å². The van der Waals surface area contributed by atoms with Gasteiger partial charge in [0.15, 0.2) is 0 Å². The van der Waals surface area contributed by atoms with Gasteiger partial charge in [0.2, 0.25) is 5.91 Å². The number of amides is 2. The molecule has 0 aliphatic carbocycles. The van der Waals surface area contributed by atoms with Gasteiger partial charge in [-0.05, 0) is 74.2 Å². The number of anilines is 1. The molecule has 13 heteroatoms. The van der Waals surface area contributed by atoms with E-state index in [9.17, 15) is 19.2 Å². The van der Waals surface area contributed by atoms with Crippen molar-refractivity contribution in [1.82, 2.24) is 10.2 Å². The smallest absolute Gasteiger partial charge is 0.306 e. The van der Waals surface area contributed by atoms with Crippen LogP contribution in [0.4, 0.5) is 17.1 Å². The minimum Gasteiger partial charge on any atom is -0.481 e. The van der Waals surface area contributed by atoms with Crippen molar-refractivity contribution in [2.45, 2.75) is 51.4 Å². The number of nitrogens with one attached hydrogen (secondary N) is 1. The number of benzene rings is 2. The summed E-state index contributed by atoms with van der Waals surface area (Å²) in [5.41, 5.74) is 2.64. The molecule has 1 aliphatic heterocycles. The third-order valence-corrected chi connectivity index (χ3v) is 8.06. The highest BCUT2D eigenvalue weighted by Crippen LogP contribution is 2.33. The molecule has 0 radical (unpaired) electrons. The fourth-order valence-electron chi connectivity index (χ4n) is 4.84. The Balaban J connectivity index is 1.31. The molecule has 2 aromatic rings. The molecule has 0 atom stereocenters. The molecule has 0 saturated carbocycles. The van der Waals surface area contributed by atoms with Crippen LogP contribution in [0.5, 0.6) is 0 Å². The van der Waals surface area contributed by atoms with Crippen LogP contribution in [-0.2, 0) is 22.2 Å². The molecule has 0 spiro atoms. The lowest BCUT2D eigenvalue weighted by Crippen LogP contribution is -2.47. The summed E-state index contributed by atoms with van der Waals surface area (Å²) in [5.74, 6) is -1.66. The first-order valence-corrected chi connectivity index (χ1v) is 15.9. The summed E-state index contributed by atoms with van der Waals surface area (Å²) in [6, 6.07) is 14.7. The van der Waals surface area contributed by atoms with E-state index in [4.69, 9.17) is 12.9 Å². The largest absolute Gasteiger partial charge is 0.481 e. The Labute approximate surface area is 278 Å². The maximum absolute atomic E-state index is 12.8. The van der Waals surface area contributed by atoms with Gasteiger partial charge < -0.3 is 28.0 Å².